The smallest absolute Gasteiger partial charge is 0.255 e. The molecular weight excluding hydrogens is 501 g/mol. The molecule has 0 aromatic carbocycles. The van der Waals surface area contributed by atoms with Gasteiger partial charge in [-0.25, -0.2) is 14.4 Å². The molecule has 7 rings (SSSR count). The van der Waals surface area contributed by atoms with Gasteiger partial charge >= 0.3 is 0 Å². The molecule has 0 radical (unpaired) electrons. The Morgan fingerprint density at radius 2 is 1.90 bits per heavy atom. The summed E-state index contributed by atoms with van der Waals surface area (Å²) in [6.07, 6.45) is 6.94. The molecular formula is C27H32FN9O2. The van der Waals surface area contributed by atoms with E-state index in [1.165, 1.54) is 35.7 Å². The Balaban J connectivity index is 1.08. The predicted octanol–water partition coefficient (Wildman–Crippen LogP) is 1.41. The van der Waals surface area contributed by atoms with Crippen LogP contribution in [0.25, 0.3) is 11.3 Å². The van der Waals surface area contributed by atoms with Crippen LogP contribution in [0.4, 0.5) is 10.3 Å². The standard InChI is InChI=1S/C27H32FN9O2/c1-14-22-24(37(33-14)15-6-4-5-7-15)31-26(32-25(22)39)36-12-17-18(13-36)23(17)35(3)27-30-20(10-21(38)34(27)2)16-8-9-29-11-19(16)28/h8-11,15,17-18,22-24H,4-7,12-13H2,1-3H3,(H,31,32,39)/t17-,18+,22?,23?,24?. The van der Waals surface area contributed by atoms with Crippen LogP contribution in [0.3, 0.4) is 0 Å². The van der Waals surface area contributed by atoms with Crippen molar-refractivity contribution in [3.05, 3.63) is 40.7 Å². The Kier molecular flexibility index (Phi) is 5.50. The van der Waals surface area contributed by atoms with Gasteiger partial charge in [0.25, 0.3) is 5.56 Å². The van der Waals surface area contributed by atoms with Crippen molar-refractivity contribution in [3.63, 3.8) is 0 Å². The van der Waals surface area contributed by atoms with E-state index < -0.39 is 5.82 Å². The summed E-state index contributed by atoms with van der Waals surface area (Å²) in [5.41, 5.74) is 1.13. The lowest BCUT2D eigenvalue weighted by molar-refractivity contribution is -0.123. The van der Waals surface area contributed by atoms with Crippen LogP contribution in [-0.4, -0.2) is 80.4 Å². The number of anilines is 1. The lowest BCUT2D eigenvalue weighted by atomic mass is 9.99. The van der Waals surface area contributed by atoms with E-state index in [1.807, 2.05) is 18.9 Å². The van der Waals surface area contributed by atoms with Crippen molar-refractivity contribution in [2.24, 2.45) is 34.9 Å². The van der Waals surface area contributed by atoms with E-state index in [0.29, 0.717) is 35.5 Å². The van der Waals surface area contributed by atoms with Gasteiger partial charge in [-0.05, 0) is 25.8 Å². The van der Waals surface area contributed by atoms with Gasteiger partial charge in [0.05, 0.1) is 17.6 Å². The van der Waals surface area contributed by atoms with Crippen molar-refractivity contribution in [2.75, 3.05) is 25.0 Å². The molecule has 0 spiro atoms. The molecule has 5 aliphatic rings. The van der Waals surface area contributed by atoms with Gasteiger partial charge in [0, 0.05) is 68.9 Å². The molecule has 39 heavy (non-hydrogen) atoms. The van der Waals surface area contributed by atoms with E-state index in [0.717, 1.165) is 37.8 Å². The molecule has 2 saturated carbocycles. The first kappa shape index (κ1) is 24.2. The number of aromatic nitrogens is 3. The van der Waals surface area contributed by atoms with Crippen molar-refractivity contribution in [1.29, 1.82) is 0 Å². The minimum absolute atomic E-state index is 0.0275. The van der Waals surface area contributed by atoms with Gasteiger partial charge in [-0.15, -0.1) is 0 Å². The van der Waals surface area contributed by atoms with E-state index >= 15 is 0 Å². The van der Waals surface area contributed by atoms with Crippen molar-refractivity contribution in [3.8, 4) is 11.3 Å². The van der Waals surface area contributed by atoms with Crippen LogP contribution < -0.4 is 15.8 Å². The van der Waals surface area contributed by atoms with Crippen LogP contribution in [0.5, 0.6) is 0 Å². The van der Waals surface area contributed by atoms with E-state index in [-0.39, 0.29) is 35.2 Å². The molecule has 3 unspecified atom stereocenters. The summed E-state index contributed by atoms with van der Waals surface area (Å²) in [7, 11) is 3.62. The fourth-order valence-corrected chi connectivity index (χ4v) is 7.04. The van der Waals surface area contributed by atoms with Crippen LogP contribution in [0.1, 0.15) is 32.6 Å². The highest BCUT2D eigenvalue weighted by Crippen LogP contribution is 2.49. The molecule has 204 valence electrons. The third kappa shape index (κ3) is 3.82. The number of nitrogens with zero attached hydrogens (tertiary/aromatic N) is 8. The molecule has 11 nitrogen and oxygen atoms in total. The zero-order chi connectivity index (χ0) is 27.0. The quantitative estimate of drug-likeness (QED) is 0.633. The Bertz CT molecular complexity index is 1450. The van der Waals surface area contributed by atoms with Gasteiger partial charge in [-0.3, -0.25) is 29.5 Å². The first-order valence-corrected chi connectivity index (χ1v) is 13.7. The van der Waals surface area contributed by atoms with Crippen LogP contribution in [-0.2, 0) is 11.8 Å². The van der Waals surface area contributed by atoms with E-state index in [9.17, 15) is 14.0 Å². The van der Waals surface area contributed by atoms with Gasteiger partial charge in [-0.1, -0.05) is 12.8 Å². The number of aliphatic imine (C=N–C) groups is 1. The number of hydrogen-bond donors (Lipinski definition) is 1. The molecule has 2 aliphatic carbocycles. The normalized spacial score (nSPS) is 29.6. The molecule has 3 aliphatic heterocycles. The number of halogens is 1. The van der Waals surface area contributed by atoms with Gasteiger partial charge in [0.2, 0.25) is 17.8 Å². The number of nitrogens with one attached hydrogen (secondary N) is 1. The number of carbonyl (C=O) groups is 1. The highest BCUT2D eigenvalue weighted by Gasteiger charge is 2.59. The number of likely N-dealkylation sites (tertiary alicyclic amines) is 1. The summed E-state index contributed by atoms with van der Waals surface area (Å²) in [6.45, 7) is 3.44. The Labute approximate surface area is 225 Å². The number of rotatable bonds is 4. The second-order valence-corrected chi connectivity index (χ2v) is 11.4. The maximum absolute atomic E-state index is 14.4. The summed E-state index contributed by atoms with van der Waals surface area (Å²) in [5, 5.41) is 9.90. The summed E-state index contributed by atoms with van der Waals surface area (Å²) in [6, 6.07) is 3.42. The lowest BCUT2D eigenvalue weighted by Crippen LogP contribution is -2.56. The van der Waals surface area contributed by atoms with Crippen LogP contribution in [0.15, 0.2) is 39.4 Å². The lowest BCUT2D eigenvalue weighted by Gasteiger charge is -2.35. The Hall–Kier alpha value is -3.83. The molecule has 5 heterocycles. The summed E-state index contributed by atoms with van der Waals surface area (Å²) in [5.74, 6) is 0.962. The molecule has 0 bridgehead atoms. The molecule has 12 heteroatoms. The van der Waals surface area contributed by atoms with Gasteiger partial charge in [0.1, 0.15) is 5.92 Å². The number of guanidine groups is 1. The highest BCUT2D eigenvalue weighted by molar-refractivity contribution is 6.12. The minimum Gasteiger partial charge on any atom is -0.342 e. The maximum atomic E-state index is 14.4. The van der Waals surface area contributed by atoms with Crippen LogP contribution in [0, 0.1) is 23.6 Å². The number of hydrazone groups is 1. The molecule has 1 saturated heterocycles. The number of carbonyl (C=O) groups excluding carboxylic acids is 1. The van der Waals surface area contributed by atoms with Crippen molar-refractivity contribution >= 4 is 23.5 Å². The molecule has 2 aromatic heterocycles. The maximum Gasteiger partial charge on any atom is 0.255 e. The molecule has 3 fully saturated rings. The largest absolute Gasteiger partial charge is 0.342 e. The Morgan fingerprint density at radius 1 is 1.15 bits per heavy atom. The number of amides is 1. The molecule has 1 amide bonds. The van der Waals surface area contributed by atoms with Crippen LogP contribution >= 0.6 is 0 Å². The minimum atomic E-state index is -0.516. The van der Waals surface area contributed by atoms with Crippen LogP contribution in [0.2, 0.25) is 0 Å². The third-order valence-corrected chi connectivity index (χ3v) is 9.13. The SMILES string of the molecule is CC1=NN(C2CCCC2)C2N=C(N3C[C@@H]4C(N(C)c5nc(-c6ccncc6F)cc(=O)n5C)[C@@H]4C3)NC(=O)C12. The average molecular weight is 534 g/mol. The number of fused-ring (bicyclic) bond motifs is 2. The number of hydrogen-bond acceptors (Lipinski definition) is 9. The second-order valence-electron chi connectivity index (χ2n) is 11.4. The topological polar surface area (TPSA) is 111 Å². The highest BCUT2D eigenvalue weighted by atomic mass is 19.1. The summed E-state index contributed by atoms with van der Waals surface area (Å²) >= 11 is 0. The number of piperidine rings is 1. The fraction of sp³-hybridized carbons (Fsp3) is 0.556. The van der Waals surface area contributed by atoms with Gasteiger partial charge in [-0.2, -0.15) is 5.10 Å². The zero-order valence-corrected chi connectivity index (χ0v) is 22.3. The predicted molar refractivity (Wildman–Crippen MR) is 143 cm³/mol. The second kappa shape index (κ2) is 8.85. The monoisotopic (exact) mass is 533 g/mol. The van der Waals surface area contributed by atoms with Crippen molar-refractivity contribution < 1.29 is 9.18 Å². The van der Waals surface area contributed by atoms with Gasteiger partial charge in [0.15, 0.2) is 12.0 Å². The summed E-state index contributed by atoms with van der Waals surface area (Å²) < 4.78 is 15.9. The van der Waals surface area contributed by atoms with Crippen molar-refractivity contribution in [2.45, 2.75) is 50.9 Å². The van der Waals surface area contributed by atoms with E-state index in [1.54, 1.807) is 7.05 Å². The van der Waals surface area contributed by atoms with Gasteiger partial charge < -0.3 is 9.80 Å². The molecule has 5 atom stereocenters. The average Bonchev–Trinajstić information content (AvgIpc) is 3.34. The first-order chi connectivity index (χ1) is 18.8. The van der Waals surface area contributed by atoms with E-state index in [4.69, 9.17) is 10.1 Å². The summed E-state index contributed by atoms with van der Waals surface area (Å²) in [4.78, 5) is 43.5. The van der Waals surface area contributed by atoms with E-state index in [2.05, 4.69) is 25.2 Å². The zero-order valence-electron chi connectivity index (χ0n) is 22.3. The third-order valence-electron chi connectivity index (χ3n) is 9.13. The molecule has 1 N–H and O–H groups in total. The fourth-order valence-electron chi connectivity index (χ4n) is 7.04. The first-order valence-electron chi connectivity index (χ1n) is 13.7. The van der Waals surface area contributed by atoms with Crippen molar-refractivity contribution in [1.82, 2.24) is 29.8 Å². The molecule has 2 aromatic rings. The Morgan fingerprint density at radius 3 is 2.62 bits per heavy atom. The number of pyridine rings is 1.